The van der Waals surface area contributed by atoms with Crippen LogP contribution in [0.15, 0.2) is 10.9 Å². The lowest BCUT2D eigenvalue weighted by atomic mass is 10.1. The Morgan fingerprint density at radius 2 is 2.29 bits per heavy atom. The van der Waals surface area contributed by atoms with Gasteiger partial charge in [0, 0.05) is 12.5 Å². The lowest BCUT2D eigenvalue weighted by Crippen LogP contribution is -2.13. The van der Waals surface area contributed by atoms with Crippen LogP contribution in [0.2, 0.25) is 0 Å². The van der Waals surface area contributed by atoms with E-state index in [-0.39, 0.29) is 5.56 Å². The summed E-state index contributed by atoms with van der Waals surface area (Å²) in [7, 11) is 0. The monoisotopic (exact) mass is 192 g/mol. The van der Waals surface area contributed by atoms with E-state index in [1.165, 1.54) is 12.8 Å². The van der Waals surface area contributed by atoms with Crippen molar-refractivity contribution in [1.82, 2.24) is 9.97 Å². The van der Waals surface area contributed by atoms with E-state index in [9.17, 15) is 4.79 Å². The van der Waals surface area contributed by atoms with Crippen molar-refractivity contribution < 1.29 is 0 Å². The Morgan fingerprint density at radius 3 is 2.86 bits per heavy atom. The average molecular weight is 192 g/mol. The summed E-state index contributed by atoms with van der Waals surface area (Å²) in [4.78, 5) is 18.6. The highest BCUT2D eigenvalue weighted by Gasteiger charge is 2.22. The van der Waals surface area contributed by atoms with Crippen LogP contribution in [0, 0.1) is 5.92 Å². The first-order valence-corrected chi connectivity index (χ1v) is 5.25. The molecule has 76 valence electrons. The normalized spacial score (nSPS) is 16.2. The maximum Gasteiger partial charge on any atom is 0.251 e. The second-order valence-corrected chi connectivity index (χ2v) is 4.42. The molecule has 0 saturated heterocycles. The van der Waals surface area contributed by atoms with Crippen molar-refractivity contribution in [3.05, 3.63) is 27.9 Å². The molecule has 1 aromatic heterocycles. The van der Waals surface area contributed by atoms with Gasteiger partial charge < -0.3 is 4.98 Å². The number of nitrogens with zero attached hydrogens (tertiary/aromatic N) is 1. The van der Waals surface area contributed by atoms with Gasteiger partial charge in [-0.3, -0.25) is 4.79 Å². The predicted octanol–water partition coefficient (Wildman–Crippen LogP) is 1.85. The molecule has 1 N–H and O–H groups in total. The number of nitrogens with one attached hydrogen (secondary N) is 1. The molecule has 0 aromatic carbocycles. The van der Waals surface area contributed by atoms with Crippen molar-refractivity contribution in [2.75, 3.05) is 0 Å². The molecule has 0 atom stereocenters. The Morgan fingerprint density at radius 1 is 1.57 bits per heavy atom. The lowest BCUT2D eigenvalue weighted by molar-refractivity contribution is 0.726. The summed E-state index contributed by atoms with van der Waals surface area (Å²) in [5.74, 6) is 1.96. The Labute approximate surface area is 83.6 Å². The third kappa shape index (κ3) is 2.22. The van der Waals surface area contributed by atoms with Gasteiger partial charge in [-0.15, -0.1) is 0 Å². The van der Waals surface area contributed by atoms with Gasteiger partial charge in [0.25, 0.3) is 5.56 Å². The van der Waals surface area contributed by atoms with Crippen molar-refractivity contribution in [3.63, 3.8) is 0 Å². The number of hydrogen-bond donors (Lipinski definition) is 1. The smallest absolute Gasteiger partial charge is 0.251 e. The molecule has 1 heterocycles. The molecule has 1 aromatic rings. The van der Waals surface area contributed by atoms with Crippen LogP contribution in [0.25, 0.3) is 0 Å². The fourth-order valence-electron chi connectivity index (χ4n) is 1.52. The van der Waals surface area contributed by atoms with Crippen LogP contribution in [-0.4, -0.2) is 9.97 Å². The van der Waals surface area contributed by atoms with Crippen LogP contribution in [0.4, 0.5) is 0 Å². The number of rotatable bonds is 3. The fraction of sp³-hybridized carbons (Fsp3) is 0.636. The number of aromatic amines is 1. The first-order chi connectivity index (χ1) is 6.65. The van der Waals surface area contributed by atoms with Gasteiger partial charge in [-0.25, -0.2) is 4.98 Å². The van der Waals surface area contributed by atoms with E-state index in [4.69, 9.17) is 0 Å². The van der Waals surface area contributed by atoms with Gasteiger partial charge in [-0.2, -0.15) is 0 Å². The summed E-state index contributed by atoms with van der Waals surface area (Å²) in [5, 5.41) is 0. The molecule has 1 fully saturated rings. The van der Waals surface area contributed by atoms with Crippen molar-refractivity contribution in [3.8, 4) is 0 Å². The third-order valence-electron chi connectivity index (χ3n) is 2.58. The second-order valence-electron chi connectivity index (χ2n) is 4.42. The molecule has 0 radical (unpaired) electrons. The molecule has 0 amide bonds. The summed E-state index contributed by atoms with van der Waals surface area (Å²) in [6.45, 7) is 4.12. The maximum atomic E-state index is 11.3. The van der Waals surface area contributed by atoms with Crippen molar-refractivity contribution >= 4 is 0 Å². The van der Waals surface area contributed by atoms with E-state index in [0.717, 1.165) is 23.9 Å². The maximum absolute atomic E-state index is 11.3. The first-order valence-electron chi connectivity index (χ1n) is 5.25. The van der Waals surface area contributed by atoms with Gasteiger partial charge >= 0.3 is 0 Å². The van der Waals surface area contributed by atoms with Gasteiger partial charge in [0.15, 0.2) is 0 Å². The van der Waals surface area contributed by atoms with E-state index in [1.54, 1.807) is 6.07 Å². The number of aromatic nitrogens is 2. The van der Waals surface area contributed by atoms with Crippen molar-refractivity contribution in [2.45, 2.75) is 39.0 Å². The summed E-state index contributed by atoms with van der Waals surface area (Å²) in [5.41, 5.74) is 0.892. The highest BCUT2D eigenvalue weighted by molar-refractivity contribution is 5.07. The SMILES string of the molecule is CC(C)c1cc(=O)[nH]c(CC2CC2)n1. The molecule has 2 rings (SSSR count). The van der Waals surface area contributed by atoms with Crippen LogP contribution >= 0.6 is 0 Å². The predicted molar refractivity (Wildman–Crippen MR) is 55.4 cm³/mol. The summed E-state index contributed by atoms with van der Waals surface area (Å²) in [6, 6.07) is 1.60. The molecule has 1 aliphatic carbocycles. The Hall–Kier alpha value is -1.12. The van der Waals surface area contributed by atoms with E-state index < -0.39 is 0 Å². The highest BCUT2D eigenvalue weighted by atomic mass is 16.1. The number of H-pyrrole nitrogens is 1. The molecule has 1 aliphatic rings. The topological polar surface area (TPSA) is 45.8 Å². The largest absolute Gasteiger partial charge is 0.311 e. The van der Waals surface area contributed by atoms with Crippen molar-refractivity contribution in [1.29, 1.82) is 0 Å². The summed E-state index contributed by atoms with van der Waals surface area (Å²) in [6.07, 6.45) is 3.51. The standard InChI is InChI=1S/C11H16N2O/c1-7(2)9-6-11(14)13-10(12-9)5-8-3-4-8/h6-8H,3-5H2,1-2H3,(H,12,13,14). The zero-order valence-electron chi connectivity index (χ0n) is 8.71. The molecule has 14 heavy (non-hydrogen) atoms. The van der Waals surface area contributed by atoms with E-state index in [2.05, 4.69) is 23.8 Å². The van der Waals surface area contributed by atoms with Gasteiger partial charge in [-0.1, -0.05) is 13.8 Å². The van der Waals surface area contributed by atoms with Gasteiger partial charge in [0.05, 0.1) is 5.69 Å². The first kappa shape index (κ1) is 9.44. The fourth-order valence-corrected chi connectivity index (χ4v) is 1.52. The third-order valence-corrected chi connectivity index (χ3v) is 2.58. The Bertz CT molecular complexity index is 377. The highest BCUT2D eigenvalue weighted by Crippen LogP contribution is 2.31. The minimum absolute atomic E-state index is 0.0145. The van der Waals surface area contributed by atoms with Crippen LogP contribution in [0.5, 0.6) is 0 Å². The number of hydrogen-bond acceptors (Lipinski definition) is 2. The zero-order chi connectivity index (χ0) is 10.1. The summed E-state index contributed by atoms with van der Waals surface area (Å²) < 4.78 is 0. The van der Waals surface area contributed by atoms with Gasteiger partial charge in [-0.05, 0) is 24.7 Å². The molecule has 3 nitrogen and oxygen atoms in total. The van der Waals surface area contributed by atoms with Gasteiger partial charge in [0.2, 0.25) is 0 Å². The lowest BCUT2D eigenvalue weighted by Gasteiger charge is -2.05. The van der Waals surface area contributed by atoms with Gasteiger partial charge in [0.1, 0.15) is 5.82 Å². The minimum Gasteiger partial charge on any atom is -0.311 e. The van der Waals surface area contributed by atoms with E-state index in [1.807, 2.05) is 0 Å². The van der Waals surface area contributed by atoms with Crippen LogP contribution in [0.3, 0.4) is 0 Å². The minimum atomic E-state index is -0.0145. The quantitative estimate of drug-likeness (QED) is 0.794. The zero-order valence-corrected chi connectivity index (χ0v) is 8.71. The van der Waals surface area contributed by atoms with Crippen molar-refractivity contribution in [2.24, 2.45) is 5.92 Å². The molecule has 0 unspecified atom stereocenters. The molecular formula is C11H16N2O. The summed E-state index contributed by atoms with van der Waals surface area (Å²) >= 11 is 0. The molecular weight excluding hydrogens is 176 g/mol. The molecule has 3 heteroatoms. The van der Waals surface area contributed by atoms with Crippen LogP contribution < -0.4 is 5.56 Å². The Balaban J connectivity index is 2.25. The molecule has 0 aliphatic heterocycles. The van der Waals surface area contributed by atoms with Crippen LogP contribution in [0.1, 0.15) is 44.1 Å². The van der Waals surface area contributed by atoms with E-state index in [0.29, 0.717) is 5.92 Å². The Kier molecular flexibility index (Phi) is 2.40. The van der Waals surface area contributed by atoms with Crippen LogP contribution in [-0.2, 0) is 6.42 Å². The van der Waals surface area contributed by atoms with E-state index >= 15 is 0 Å². The average Bonchev–Trinajstić information content (AvgIpc) is 2.87. The molecule has 0 spiro atoms. The molecule has 0 bridgehead atoms. The second kappa shape index (κ2) is 3.56. The molecule has 1 saturated carbocycles.